The van der Waals surface area contributed by atoms with Crippen LogP contribution in [0.25, 0.3) is 0 Å². The predicted molar refractivity (Wildman–Crippen MR) is 78.5 cm³/mol. The van der Waals surface area contributed by atoms with E-state index in [0.29, 0.717) is 18.8 Å². The fraction of sp³-hybridized carbons (Fsp3) is 0.583. The van der Waals surface area contributed by atoms with Gasteiger partial charge in [-0.1, -0.05) is 0 Å². The molecule has 0 bridgehead atoms. The van der Waals surface area contributed by atoms with Crippen molar-refractivity contribution in [3.05, 3.63) is 29.6 Å². The Bertz CT molecular complexity index is 534. The molecule has 0 amide bonds. The van der Waals surface area contributed by atoms with E-state index in [1.165, 1.54) is 6.26 Å². The van der Waals surface area contributed by atoms with Crippen molar-refractivity contribution in [2.75, 3.05) is 24.3 Å². The van der Waals surface area contributed by atoms with Gasteiger partial charge < -0.3 is 5.73 Å². The van der Waals surface area contributed by atoms with Gasteiger partial charge in [0.05, 0.1) is 5.69 Å². The summed E-state index contributed by atoms with van der Waals surface area (Å²) in [5.41, 5.74) is 7.47. The molecule has 2 rings (SSSR count). The fourth-order valence-electron chi connectivity index (χ4n) is 2.16. The zero-order valence-electron chi connectivity index (χ0n) is 10.9. The maximum Gasteiger partial charge on any atom is 0.164 e. The lowest BCUT2D eigenvalue weighted by molar-refractivity contribution is 0.262. The van der Waals surface area contributed by atoms with Gasteiger partial charge in [0.1, 0.15) is 5.37 Å². The maximum absolute atomic E-state index is 11.8. The van der Waals surface area contributed by atoms with Crippen LogP contribution in [0.2, 0.25) is 0 Å². The number of rotatable bonds is 4. The highest BCUT2D eigenvalue weighted by Crippen LogP contribution is 2.22. The zero-order valence-corrected chi connectivity index (χ0v) is 12.6. The minimum Gasteiger partial charge on any atom is -0.325 e. The van der Waals surface area contributed by atoms with E-state index in [-0.39, 0.29) is 5.37 Å². The molecular formula is C12H19N3O2S2. The van der Waals surface area contributed by atoms with Crippen LogP contribution in [0.1, 0.15) is 11.3 Å². The summed E-state index contributed by atoms with van der Waals surface area (Å²) in [6.07, 6.45) is 3.04. The van der Waals surface area contributed by atoms with Gasteiger partial charge in [0, 0.05) is 43.6 Å². The fourth-order valence-corrected chi connectivity index (χ4v) is 5.10. The van der Waals surface area contributed by atoms with Crippen LogP contribution >= 0.6 is 11.8 Å². The first-order valence-electron chi connectivity index (χ1n) is 6.15. The summed E-state index contributed by atoms with van der Waals surface area (Å²) in [5.74, 6) is 1.62. The van der Waals surface area contributed by atoms with Crippen molar-refractivity contribution < 1.29 is 8.42 Å². The second-order valence-electron chi connectivity index (χ2n) is 4.69. The lowest BCUT2D eigenvalue weighted by Gasteiger charge is -2.34. The largest absolute Gasteiger partial charge is 0.325 e. The van der Waals surface area contributed by atoms with Crippen LogP contribution in [0.4, 0.5) is 0 Å². The number of hydrogen-bond acceptors (Lipinski definition) is 6. The zero-order chi connectivity index (χ0) is 13.9. The lowest BCUT2D eigenvalue weighted by Crippen LogP contribution is -2.46. The van der Waals surface area contributed by atoms with E-state index in [2.05, 4.69) is 4.98 Å². The van der Waals surface area contributed by atoms with E-state index in [4.69, 9.17) is 5.73 Å². The number of thioether (sulfide) groups is 1. The Hall–Kier alpha value is -0.630. The summed E-state index contributed by atoms with van der Waals surface area (Å²) < 4.78 is 23.6. The van der Waals surface area contributed by atoms with Gasteiger partial charge in [-0.05, 0) is 17.7 Å². The molecule has 1 aliphatic rings. The Labute approximate surface area is 118 Å². The third-order valence-electron chi connectivity index (χ3n) is 3.16. The van der Waals surface area contributed by atoms with Gasteiger partial charge in [-0.2, -0.15) is 11.8 Å². The van der Waals surface area contributed by atoms with Crippen LogP contribution in [0.3, 0.4) is 0 Å². The standard InChI is InChI=1S/C12H19N3O2S2/c1-19(16,17)12-9-18-5-4-15(12)8-10-2-3-14-11(6-10)7-13/h2-3,6,12H,4-5,7-9,13H2,1H3. The molecule has 106 valence electrons. The summed E-state index contributed by atoms with van der Waals surface area (Å²) >= 11 is 1.70. The topological polar surface area (TPSA) is 76.3 Å². The van der Waals surface area contributed by atoms with Gasteiger partial charge in [0.2, 0.25) is 0 Å². The van der Waals surface area contributed by atoms with E-state index in [0.717, 1.165) is 23.6 Å². The van der Waals surface area contributed by atoms with E-state index in [1.807, 2.05) is 17.0 Å². The Kier molecular flexibility index (Phi) is 4.83. The molecule has 2 N–H and O–H groups in total. The first kappa shape index (κ1) is 14.8. The molecule has 1 aromatic rings. The van der Waals surface area contributed by atoms with Gasteiger partial charge in [-0.3, -0.25) is 9.88 Å². The molecule has 7 heteroatoms. The molecule has 2 heterocycles. The molecule has 0 saturated carbocycles. The van der Waals surface area contributed by atoms with Gasteiger partial charge in [0.15, 0.2) is 9.84 Å². The van der Waals surface area contributed by atoms with E-state index in [1.54, 1.807) is 18.0 Å². The van der Waals surface area contributed by atoms with Crippen molar-refractivity contribution >= 4 is 21.6 Å². The van der Waals surface area contributed by atoms with E-state index >= 15 is 0 Å². The normalized spacial score (nSPS) is 21.5. The molecule has 1 saturated heterocycles. The molecule has 0 aromatic carbocycles. The summed E-state index contributed by atoms with van der Waals surface area (Å²) in [7, 11) is -3.05. The Morgan fingerprint density at radius 3 is 3.05 bits per heavy atom. The molecule has 1 aromatic heterocycles. The Morgan fingerprint density at radius 1 is 1.58 bits per heavy atom. The molecule has 1 unspecified atom stereocenters. The molecule has 1 atom stereocenters. The van der Waals surface area contributed by atoms with E-state index in [9.17, 15) is 8.42 Å². The van der Waals surface area contributed by atoms with Crippen molar-refractivity contribution in [2.24, 2.45) is 5.73 Å². The summed E-state index contributed by atoms with van der Waals surface area (Å²) in [6.45, 7) is 1.83. The van der Waals surface area contributed by atoms with Crippen molar-refractivity contribution in [3.63, 3.8) is 0 Å². The number of nitrogens with two attached hydrogens (primary N) is 1. The summed E-state index contributed by atoms with van der Waals surface area (Å²) in [4.78, 5) is 6.18. The van der Waals surface area contributed by atoms with Gasteiger partial charge >= 0.3 is 0 Å². The third-order valence-corrected chi connectivity index (χ3v) is 5.85. The van der Waals surface area contributed by atoms with Crippen LogP contribution in [-0.4, -0.2) is 48.0 Å². The predicted octanol–water partition coefficient (Wildman–Crippen LogP) is 0.460. The maximum atomic E-state index is 11.8. The van der Waals surface area contributed by atoms with Crippen molar-refractivity contribution in [3.8, 4) is 0 Å². The van der Waals surface area contributed by atoms with Gasteiger partial charge in [-0.25, -0.2) is 8.42 Å². The minimum atomic E-state index is -3.05. The molecule has 5 nitrogen and oxygen atoms in total. The number of nitrogens with zero attached hydrogens (tertiary/aromatic N) is 2. The highest BCUT2D eigenvalue weighted by Gasteiger charge is 2.30. The van der Waals surface area contributed by atoms with Crippen molar-refractivity contribution in [2.45, 2.75) is 18.5 Å². The van der Waals surface area contributed by atoms with Crippen LogP contribution in [0.5, 0.6) is 0 Å². The minimum absolute atomic E-state index is 0.388. The first-order chi connectivity index (χ1) is 9.00. The molecular weight excluding hydrogens is 282 g/mol. The molecule has 0 spiro atoms. The number of pyridine rings is 1. The quantitative estimate of drug-likeness (QED) is 0.871. The molecule has 1 fully saturated rings. The molecule has 1 aliphatic heterocycles. The molecule has 19 heavy (non-hydrogen) atoms. The highest BCUT2D eigenvalue weighted by atomic mass is 32.2. The summed E-state index contributed by atoms with van der Waals surface area (Å²) in [6, 6.07) is 3.86. The molecule has 0 aliphatic carbocycles. The Morgan fingerprint density at radius 2 is 2.37 bits per heavy atom. The number of aromatic nitrogens is 1. The van der Waals surface area contributed by atoms with Crippen LogP contribution < -0.4 is 5.73 Å². The average Bonchev–Trinajstić information content (AvgIpc) is 2.38. The monoisotopic (exact) mass is 301 g/mol. The average molecular weight is 301 g/mol. The summed E-state index contributed by atoms with van der Waals surface area (Å²) in [5, 5.41) is -0.388. The SMILES string of the molecule is CS(=O)(=O)C1CSCCN1Cc1ccnc(CN)c1. The van der Waals surface area contributed by atoms with Crippen LogP contribution in [0, 0.1) is 0 Å². The van der Waals surface area contributed by atoms with Crippen molar-refractivity contribution in [1.29, 1.82) is 0 Å². The second-order valence-corrected chi connectivity index (χ2v) is 8.04. The van der Waals surface area contributed by atoms with Crippen molar-refractivity contribution in [1.82, 2.24) is 9.88 Å². The highest BCUT2D eigenvalue weighted by molar-refractivity contribution is 8.00. The van der Waals surface area contributed by atoms with Crippen LogP contribution in [-0.2, 0) is 22.9 Å². The Balaban J connectivity index is 2.15. The lowest BCUT2D eigenvalue weighted by atomic mass is 10.2. The number of hydrogen-bond donors (Lipinski definition) is 1. The smallest absolute Gasteiger partial charge is 0.164 e. The number of sulfone groups is 1. The van der Waals surface area contributed by atoms with E-state index < -0.39 is 9.84 Å². The third kappa shape index (κ3) is 3.92. The van der Waals surface area contributed by atoms with Gasteiger partial charge in [0.25, 0.3) is 0 Å². The van der Waals surface area contributed by atoms with Crippen LogP contribution in [0.15, 0.2) is 18.3 Å². The first-order valence-corrected chi connectivity index (χ1v) is 9.26. The molecule has 0 radical (unpaired) electrons. The second kappa shape index (κ2) is 6.21. The van der Waals surface area contributed by atoms with Gasteiger partial charge in [-0.15, -0.1) is 0 Å².